The molecule has 0 fully saturated rings. The van der Waals surface area contributed by atoms with Gasteiger partial charge in [-0.05, 0) is 43.9 Å². The van der Waals surface area contributed by atoms with E-state index in [9.17, 15) is 14.7 Å². The van der Waals surface area contributed by atoms with Crippen LogP contribution < -0.4 is 10.8 Å². The lowest BCUT2D eigenvalue weighted by atomic mass is 10.1. The number of carboxylic acids is 2. The summed E-state index contributed by atoms with van der Waals surface area (Å²) in [5, 5.41) is 17.2. The second-order valence-corrected chi connectivity index (χ2v) is 4.97. The summed E-state index contributed by atoms with van der Waals surface area (Å²) in [5.74, 6) is -2.80. The predicted molar refractivity (Wildman–Crippen MR) is 75.3 cm³/mol. The van der Waals surface area contributed by atoms with Crippen molar-refractivity contribution < 1.29 is 25.5 Å². The number of aryl methyl sites for hydroxylation is 2. The first-order chi connectivity index (χ1) is 9.95. The zero-order chi connectivity index (χ0) is 15.8. The highest BCUT2D eigenvalue weighted by atomic mass is 16.4. The van der Waals surface area contributed by atoms with Crippen LogP contribution in [-0.4, -0.2) is 28.2 Å². The average molecular weight is 294 g/mol. The van der Waals surface area contributed by atoms with E-state index in [1.807, 2.05) is 0 Å². The number of quaternary nitrogens is 1. The number of carbonyl (C=O) groups excluding carboxylic acids is 1. The molecule has 0 atom stereocenters. The summed E-state index contributed by atoms with van der Waals surface area (Å²) >= 11 is 0. The Morgan fingerprint density at radius 1 is 1.43 bits per heavy atom. The van der Waals surface area contributed by atoms with Gasteiger partial charge < -0.3 is 25.3 Å². The summed E-state index contributed by atoms with van der Waals surface area (Å²) in [6.45, 7) is 4.49. The topological polar surface area (TPSA) is 110 Å². The van der Waals surface area contributed by atoms with Crippen molar-refractivity contribution in [2.24, 2.45) is 0 Å². The van der Waals surface area contributed by atoms with Crippen LogP contribution in [0.4, 0.5) is 0 Å². The van der Waals surface area contributed by atoms with E-state index in [2.05, 4.69) is 23.3 Å². The van der Waals surface area contributed by atoms with Crippen LogP contribution in [0.3, 0.4) is 0 Å². The van der Waals surface area contributed by atoms with Crippen molar-refractivity contribution in [2.75, 3.05) is 6.54 Å². The van der Waals surface area contributed by atoms with Crippen molar-refractivity contribution in [3.63, 3.8) is 0 Å². The van der Waals surface area contributed by atoms with Gasteiger partial charge in [0, 0.05) is 30.4 Å². The molecule has 1 aliphatic rings. The maximum absolute atomic E-state index is 9.53. The Balaban J connectivity index is 0.000000240. The number of hydrogen-bond donors (Lipinski definition) is 2. The minimum Gasteiger partial charge on any atom is -0.545 e. The van der Waals surface area contributed by atoms with Gasteiger partial charge in [0.2, 0.25) is 0 Å². The van der Waals surface area contributed by atoms with E-state index in [1.54, 1.807) is 5.69 Å². The van der Waals surface area contributed by atoms with Crippen LogP contribution in [0, 0.1) is 6.92 Å². The highest BCUT2D eigenvalue weighted by molar-refractivity contribution is 5.88. The van der Waals surface area contributed by atoms with Gasteiger partial charge in [-0.15, -0.1) is 0 Å². The largest absolute Gasteiger partial charge is 0.545 e. The van der Waals surface area contributed by atoms with Gasteiger partial charge >= 0.3 is 5.97 Å². The Labute approximate surface area is 123 Å². The molecule has 0 amide bonds. The van der Waals surface area contributed by atoms with Crippen molar-refractivity contribution in [2.45, 2.75) is 39.2 Å². The molecule has 0 aliphatic carbocycles. The van der Waals surface area contributed by atoms with E-state index >= 15 is 0 Å². The van der Waals surface area contributed by atoms with Crippen molar-refractivity contribution in [3.05, 3.63) is 35.2 Å². The molecule has 2 rings (SSSR count). The molecule has 1 aromatic rings. The smallest absolute Gasteiger partial charge is 0.328 e. The van der Waals surface area contributed by atoms with Crippen molar-refractivity contribution in [3.8, 4) is 0 Å². The van der Waals surface area contributed by atoms with Gasteiger partial charge in [0.05, 0.1) is 12.5 Å². The second kappa shape index (κ2) is 8.26. The summed E-state index contributed by atoms with van der Waals surface area (Å²) in [4.78, 5) is 19.0. The van der Waals surface area contributed by atoms with Crippen LogP contribution in [0.5, 0.6) is 0 Å². The molecule has 1 aromatic heterocycles. The Bertz CT molecular complexity index is 516. The molecule has 0 bridgehead atoms. The first-order valence-corrected chi connectivity index (χ1v) is 7.04. The Morgan fingerprint density at radius 2 is 2.14 bits per heavy atom. The molecule has 0 radical (unpaired) electrons. The highest BCUT2D eigenvalue weighted by Crippen LogP contribution is 2.22. The second-order valence-electron chi connectivity index (χ2n) is 4.97. The van der Waals surface area contributed by atoms with Crippen molar-refractivity contribution in [1.82, 2.24) is 4.57 Å². The molecule has 2 heterocycles. The normalized spacial score (nSPS) is 13.4. The summed E-state index contributed by atoms with van der Waals surface area (Å²) in [6.07, 6.45) is 6.08. The van der Waals surface area contributed by atoms with Crippen LogP contribution in [0.1, 0.15) is 29.8 Å². The number of hydrogen-bond acceptors (Lipinski definition) is 3. The molecule has 0 saturated carbocycles. The maximum atomic E-state index is 9.53. The monoisotopic (exact) mass is 294 g/mol. The third-order valence-electron chi connectivity index (χ3n) is 3.35. The van der Waals surface area contributed by atoms with Crippen LogP contribution in [0.2, 0.25) is 0 Å². The first-order valence-electron chi connectivity index (χ1n) is 7.04. The van der Waals surface area contributed by atoms with Crippen LogP contribution in [0.15, 0.2) is 18.2 Å². The molecule has 1 aliphatic heterocycles. The van der Waals surface area contributed by atoms with Gasteiger partial charge in [-0.1, -0.05) is 0 Å². The number of aliphatic carboxylic acids is 2. The molecule has 0 unspecified atom stereocenters. The molecule has 6 heteroatoms. The first kappa shape index (κ1) is 17.0. The number of nitrogens with zero attached hydrogens (tertiary/aromatic N) is 1. The molecule has 4 N–H and O–H groups in total. The van der Waals surface area contributed by atoms with Crippen LogP contribution >= 0.6 is 0 Å². The molecular weight excluding hydrogens is 272 g/mol. The fraction of sp³-hybridized carbons (Fsp3) is 0.467. The Kier molecular flexibility index (Phi) is 6.68. The van der Waals surface area contributed by atoms with Crippen molar-refractivity contribution in [1.29, 1.82) is 0 Å². The van der Waals surface area contributed by atoms with E-state index < -0.39 is 11.9 Å². The van der Waals surface area contributed by atoms with E-state index in [1.165, 1.54) is 37.1 Å². The third kappa shape index (κ3) is 5.43. The van der Waals surface area contributed by atoms with Crippen LogP contribution in [-0.2, 0) is 29.0 Å². The number of fused-ring (bicyclic) bond motifs is 1. The highest BCUT2D eigenvalue weighted by Gasteiger charge is 2.14. The zero-order valence-electron chi connectivity index (χ0n) is 12.3. The lowest BCUT2D eigenvalue weighted by Crippen LogP contribution is -2.51. The number of aromatic nitrogens is 1. The Morgan fingerprint density at radius 3 is 2.67 bits per heavy atom. The Hall–Kier alpha value is -2.08. The van der Waals surface area contributed by atoms with E-state index in [0.717, 1.165) is 13.0 Å². The van der Waals surface area contributed by atoms with Crippen molar-refractivity contribution >= 4 is 11.9 Å². The minimum absolute atomic E-state index is 0.447. The molecule has 0 saturated heterocycles. The quantitative estimate of drug-likeness (QED) is 0.715. The van der Waals surface area contributed by atoms with Gasteiger partial charge in [0.1, 0.15) is 0 Å². The maximum Gasteiger partial charge on any atom is 0.328 e. The SMILES string of the molecule is Cc1cc2n(c1CC[NH3+])CCCC2.O=C([O-])/C=C\C(=O)O. The average Bonchev–Trinajstić information content (AvgIpc) is 2.74. The lowest BCUT2D eigenvalue weighted by molar-refractivity contribution is -0.366. The number of carboxylic acid groups (broad SMARTS) is 2. The zero-order valence-corrected chi connectivity index (χ0v) is 12.3. The minimum atomic E-state index is -1.51. The van der Waals surface area contributed by atoms with Gasteiger partial charge in [-0.2, -0.15) is 0 Å². The number of rotatable bonds is 4. The van der Waals surface area contributed by atoms with Gasteiger partial charge in [-0.25, -0.2) is 4.79 Å². The van der Waals surface area contributed by atoms with Gasteiger partial charge in [0.25, 0.3) is 0 Å². The lowest BCUT2D eigenvalue weighted by Gasteiger charge is -2.17. The van der Waals surface area contributed by atoms with Crippen LogP contribution in [0.25, 0.3) is 0 Å². The van der Waals surface area contributed by atoms with Gasteiger partial charge in [-0.3, -0.25) is 0 Å². The molecule has 6 nitrogen and oxygen atoms in total. The summed E-state index contributed by atoms with van der Waals surface area (Å²) in [5.41, 5.74) is 8.49. The summed E-state index contributed by atoms with van der Waals surface area (Å²) in [7, 11) is 0. The van der Waals surface area contributed by atoms with E-state index in [0.29, 0.717) is 12.2 Å². The standard InChI is InChI=1S/C11H18N2.C4H4O4/c1-9-8-10-4-2-3-7-13(10)11(9)5-6-12;5-3(6)1-2-4(7)8/h8H,2-7,12H2,1H3;1-2H,(H,5,6)(H,7,8)/b;2-1-. The molecule has 0 aromatic carbocycles. The van der Waals surface area contributed by atoms with E-state index in [-0.39, 0.29) is 0 Å². The molecule has 116 valence electrons. The summed E-state index contributed by atoms with van der Waals surface area (Å²) in [6, 6.07) is 2.37. The molecule has 0 spiro atoms. The number of carbonyl (C=O) groups is 2. The third-order valence-corrected chi connectivity index (χ3v) is 3.35. The summed E-state index contributed by atoms with van der Waals surface area (Å²) < 4.78 is 2.52. The predicted octanol–water partition coefficient (Wildman–Crippen LogP) is -0.706. The van der Waals surface area contributed by atoms with Gasteiger partial charge in [0.15, 0.2) is 0 Å². The van der Waals surface area contributed by atoms with E-state index in [4.69, 9.17) is 5.11 Å². The fourth-order valence-corrected chi connectivity index (χ4v) is 2.50. The molecular formula is C15H22N2O4. The fourth-order valence-electron chi connectivity index (χ4n) is 2.50. The molecule has 21 heavy (non-hydrogen) atoms.